The summed E-state index contributed by atoms with van der Waals surface area (Å²) in [5.74, 6) is 0.911. The number of unbranched alkanes of at least 4 members (excludes halogenated alkanes) is 5. The van der Waals surface area contributed by atoms with E-state index in [1.54, 1.807) is 0 Å². The van der Waals surface area contributed by atoms with Crippen LogP contribution in [0.2, 0.25) is 0 Å². The smallest absolute Gasteiger partial charge is 0.00925 e. The van der Waals surface area contributed by atoms with Crippen LogP contribution in [0.1, 0.15) is 72.1 Å². The molecule has 1 aliphatic rings. The first-order valence-corrected chi connectivity index (χ1v) is 7.49. The van der Waals surface area contributed by atoms with Crippen molar-refractivity contribution in [3.8, 4) is 0 Å². The molecule has 2 atom stereocenters. The van der Waals surface area contributed by atoms with Gasteiger partial charge in [-0.15, -0.1) is 17.0 Å². The Balaban J connectivity index is 0.00000256. The molecule has 2 unspecified atom stereocenters. The van der Waals surface area contributed by atoms with Crippen molar-refractivity contribution in [3.63, 3.8) is 0 Å². The molecule has 1 aliphatic heterocycles. The Hall–Kier alpha value is 0.440. The van der Waals surface area contributed by atoms with Gasteiger partial charge in [0.05, 0.1) is 0 Å². The van der Waals surface area contributed by atoms with Crippen molar-refractivity contribution in [3.05, 3.63) is 0 Å². The Labute approximate surface area is 119 Å². The van der Waals surface area contributed by atoms with E-state index in [9.17, 15) is 0 Å². The average molecular weight is 306 g/mol. The van der Waals surface area contributed by atoms with E-state index in [0.29, 0.717) is 0 Å². The lowest BCUT2D eigenvalue weighted by atomic mass is 9.92. The first-order chi connectivity index (χ1) is 7.75. The maximum absolute atomic E-state index is 2.72. The number of halogens is 1. The van der Waals surface area contributed by atoms with Gasteiger partial charge in [-0.3, -0.25) is 0 Å². The Bertz CT molecular complexity index is 172. The van der Waals surface area contributed by atoms with Crippen LogP contribution < -0.4 is 0 Å². The van der Waals surface area contributed by atoms with Crippen molar-refractivity contribution in [2.45, 2.75) is 78.2 Å². The van der Waals surface area contributed by atoms with Gasteiger partial charge in [0, 0.05) is 6.04 Å². The van der Waals surface area contributed by atoms with Crippen LogP contribution in [-0.2, 0) is 0 Å². The predicted octanol–water partition coefficient (Wildman–Crippen LogP) is 5.05. The van der Waals surface area contributed by atoms with Crippen molar-refractivity contribution in [1.82, 2.24) is 4.90 Å². The van der Waals surface area contributed by atoms with Crippen molar-refractivity contribution < 1.29 is 0 Å². The molecule has 1 saturated heterocycles. The lowest BCUT2D eigenvalue weighted by Gasteiger charge is -2.37. The molecule has 1 nitrogen and oxygen atoms in total. The van der Waals surface area contributed by atoms with Crippen LogP contribution in [0.4, 0.5) is 0 Å². The van der Waals surface area contributed by atoms with E-state index in [1.807, 2.05) is 0 Å². The molecule has 0 amide bonds. The number of hydrogen-bond acceptors (Lipinski definition) is 1. The molecule has 1 fully saturated rings. The highest BCUT2D eigenvalue weighted by Crippen LogP contribution is 2.23. The maximum atomic E-state index is 2.72. The summed E-state index contributed by atoms with van der Waals surface area (Å²) in [7, 11) is 0. The fraction of sp³-hybridized carbons (Fsp3) is 1.00. The molecule has 0 bridgehead atoms. The van der Waals surface area contributed by atoms with Gasteiger partial charge >= 0.3 is 0 Å². The first kappa shape index (κ1) is 17.4. The summed E-state index contributed by atoms with van der Waals surface area (Å²) >= 11 is 0. The van der Waals surface area contributed by atoms with Gasteiger partial charge in [0.25, 0.3) is 0 Å². The molecule has 0 saturated carbocycles. The van der Waals surface area contributed by atoms with E-state index in [1.165, 1.54) is 64.5 Å². The van der Waals surface area contributed by atoms with Crippen LogP contribution in [0.15, 0.2) is 0 Å². The van der Waals surface area contributed by atoms with E-state index >= 15 is 0 Å². The minimum absolute atomic E-state index is 0. The minimum Gasteiger partial charge on any atom is -0.300 e. The van der Waals surface area contributed by atoms with E-state index in [2.05, 4.69) is 25.7 Å². The van der Waals surface area contributed by atoms with E-state index in [4.69, 9.17) is 0 Å². The molecule has 17 heavy (non-hydrogen) atoms. The Morgan fingerprint density at radius 3 is 2.35 bits per heavy atom. The summed E-state index contributed by atoms with van der Waals surface area (Å²) in [5, 5.41) is 0. The van der Waals surface area contributed by atoms with E-state index in [-0.39, 0.29) is 17.0 Å². The second kappa shape index (κ2) is 10.4. The van der Waals surface area contributed by atoms with Crippen LogP contribution in [0.25, 0.3) is 0 Å². The molecular formula is C15H32BrN. The zero-order chi connectivity index (χ0) is 11.8. The number of hydrogen-bond donors (Lipinski definition) is 0. The fourth-order valence-electron chi connectivity index (χ4n) is 2.83. The summed E-state index contributed by atoms with van der Waals surface area (Å²) in [4.78, 5) is 2.72. The zero-order valence-corrected chi connectivity index (χ0v) is 13.8. The van der Waals surface area contributed by atoms with Gasteiger partial charge < -0.3 is 4.90 Å². The molecule has 1 heterocycles. The summed E-state index contributed by atoms with van der Waals surface area (Å²) in [6.07, 6.45) is 11.4. The van der Waals surface area contributed by atoms with Gasteiger partial charge in [0.15, 0.2) is 0 Å². The summed E-state index contributed by atoms with van der Waals surface area (Å²) in [6, 6.07) is 0.824. The SMILES string of the molecule is Br.CCCCCCCCN1CCCC(C)C1C. The molecule has 0 radical (unpaired) electrons. The molecule has 104 valence electrons. The Kier molecular flexibility index (Phi) is 10.6. The highest BCUT2D eigenvalue weighted by atomic mass is 79.9. The molecule has 0 N–H and O–H groups in total. The molecule has 0 aromatic carbocycles. The molecule has 0 aliphatic carbocycles. The lowest BCUT2D eigenvalue weighted by Crippen LogP contribution is -2.42. The number of likely N-dealkylation sites (tertiary alicyclic amines) is 1. The highest BCUT2D eigenvalue weighted by molar-refractivity contribution is 8.93. The fourth-order valence-corrected chi connectivity index (χ4v) is 2.83. The molecular weight excluding hydrogens is 274 g/mol. The molecule has 0 aromatic rings. The van der Waals surface area contributed by atoms with Crippen molar-refractivity contribution >= 4 is 17.0 Å². The third-order valence-corrected chi connectivity index (χ3v) is 4.30. The molecule has 0 aromatic heterocycles. The van der Waals surface area contributed by atoms with Gasteiger partial charge in [-0.05, 0) is 45.2 Å². The van der Waals surface area contributed by atoms with Gasteiger partial charge in [-0.1, -0.05) is 46.0 Å². The molecule has 2 heteroatoms. The zero-order valence-electron chi connectivity index (χ0n) is 12.1. The lowest BCUT2D eigenvalue weighted by molar-refractivity contribution is 0.112. The van der Waals surface area contributed by atoms with Crippen LogP contribution >= 0.6 is 17.0 Å². The van der Waals surface area contributed by atoms with Crippen molar-refractivity contribution in [2.75, 3.05) is 13.1 Å². The van der Waals surface area contributed by atoms with Crippen LogP contribution in [-0.4, -0.2) is 24.0 Å². The van der Waals surface area contributed by atoms with Gasteiger partial charge in [-0.2, -0.15) is 0 Å². The maximum Gasteiger partial charge on any atom is 0.00925 e. The molecule has 0 spiro atoms. The predicted molar refractivity (Wildman–Crippen MR) is 83.1 cm³/mol. The van der Waals surface area contributed by atoms with Gasteiger partial charge in [-0.25, -0.2) is 0 Å². The largest absolute Gasteiger partial charge is 0.300 e. The second-order valence-electron chi connectivity index (χ2n) is 5.66. The standard InChI is InChI=1S/C15H31N.BrH/c1-4-5-6-7-8-9-12-16-13-10-11-14(2)15(16)3;/h14-15H,4-13H2,1-3H3;1H. The van der Waals surface area contributed by atoms with E-state index < -0.39 is 0 Å². The molecule has 1 rings (SSSR count). The average Bonchev–Trinajstić information content (AvgIpc) is 2.29. The normalized spacial score (nSPS) is 25.6. The van der Waals surface area contributed by atoms with Gasteiger partial charge in [0.2, 0.25) is 0 Å². The highest BCUT2D eigenvalue weighted by Gasteiger charge is 2.23. The summed E-state index contributed by atoms with van der Waals surface area (Å²) in [5.41, 5.74) is 0. The summed E-state index contributed by atoms with van der Waals surface area (Å²) in [6.45, 7) is 9.81. The topological polar surface area (TPSA) is 3.24 Å². The Morgan fingerprint density at radius 2 is 1.65 bits per heavy atom. The van der Waals surface area contributed by atoms with E-state index in [0.717, 1.165) is 12.0 Å². The van der Waals surface area contributed by atoms with Crippen LogP contribution in [0.5, 0.6) is 0 Å². The van der Waals surface area contributed by atoms with Crippen LogP contribution in [0.3, 0.4) is 0 Å². The number of rotatable bonds is 7. The minimum atomic E-state index is 0. The van der Waals surface area contributed by atoms with Gasteiger partial charge in [0.1, 0.15) is 0 Å². The third-order valence-electron chi connectivity index (χ3n) is 4.30. The van der Waals surface area contributed by atoms with Crippen molar-refractivity contribution in [1.29, 1.82) is 0 Å². The number of nitrogens with zero attached hydrogens (tertiary/aromatic N) is 1. The second-order valence-corrected chi connectivity index (χ2v) is 5.66. The van der Waals surface area contributed by atoms with Crippen molar-refractivity contribution in [2.24, 2.45) is 5.92 Å². The third kappa shape index (κ3) is 6.81. The first-order valence-electron chi connectivity index (χ1n) is 7.49. The summed E-state index contributed by atoms with van der Waals surface area (Å²) < 4.78 is 0. The Morgan fingerprint density at radius 1 is 1.00 bits per heavy atom. The monoisotopic (exact) mass is 305 g/mol. The van der Waals surface area contributed by atoms with Crippen LogP contribution in [0, 0.1) is 5.92 Å². The number of piperidine rings is 1. The quantitative estimate of drug-likeness (QED) is 0.595.